The van der Waals surface area contributed by atoms with Crippen molar-refractivity contribution in [2.24, 2.45) is 17.6 Å². The van der Waals surface area contributed by atoms with E-state index in [9.17, 15) is 4.79 Å². The molecule has 1 aliphatic carbocycles. The lowest BCUT2D eigenvalue weighted by Crippen LogP contribution is -2.31. The summed E-state index contributed by atoms with van der Waals surface area (Å²) >= 11 is 0. The van der Waals surface area contributed by atoms with Gasteiger partial charge in [0.25, 0.3) is 0 Å². The fraction of sp³-hybridized carbons (Fsp3) is 0.933. The van der Waals surface area contributed by atoms with Gasteiger partial charge in [0.1, 0.15) is 0 Å². The van der Waals surface area contributed by atoms with E-state index < -0.39 is 0 Å². The lowest BCUT2D eigenvalue weighted by atomic mass is 9.84. The number of amides is 1. The van der Waals surface area contributed by atoms with Crippen LogP contribution in [0.25, 0.3) is 0 Å². The monoisotopic (exact) mass is 254 g/mol. The van der Waals surface area contributed by atoms with E-state index in [1.54, 1.807) is 0 Å². The topological polar surface area (TPSA) is 46.3 Å². The maximum Gasteiger partial charge on any atom is 0.222 e. The van der Waals surface area contributed by atoms with Gasteiger partial charge in [0.2, 0.25) is 5.91 Å². The van der Waals surface area contributed by atoms with Gasteiger partial charge in [0.05, 0.1) is 0 Å². The Morgan fingerprint density at radius 2 is 1.94 bits per heavy atom. The largest absolute Gasteiger partial charge is 0.345 e. The van der Waals surface area contributed by atoms with Crippen LogP contribution in [0, 0.1) is 11.8 Å². The van der Waals surface area contributed by atoms with Gasteiger partial charge in [-0.05, 0) is 43.9 Å². The van der Waals surface area contributed by atoms with Crippen molar-refractivity contribution >= 4 is 5.91 Å². The normalized spacial score (nSPS) is 25.8. The van der Waals surface area contributed by atoms with Crippen LogP contribution in [0.4, 0.5) is 0 Å². The van der Waals surface area contributed by atoms with Gasteiger partial charge in [-0.25, -0.2) is 0 Å². The first kappa shape index (κ1) is 15.5. The van der Waals surface area contributed by atoms with Crippen molar-refractivity contribution in [3.8, 4) is 0 Å². The molecule has 3 nitrogen and oxygen atoms in total. The molecule has 0 aromatic rings. The highest BCUT2D eigenvalue weighted by molar-refractivity contribution is 5.75. The Bertz CT molecular complexity index is 247. The zero-order chi connectivity index (χ0) is 13.5. The molecule has 1 unspecified atom stereocenters. The van der Waals surface area contributed by atoms with Gasteiger partial charge >= 0.3 is 0 Å². The molecule has 1 amide bonds. The van der Waals surface area contributed by atoms with Crippen molar-refractivity contribution in [3.05, 3.63) is 0 Å². The van der Waals surface area contributed by atoms with E-state index >= 15 is 0 Å². The Hall–Kier alpha value is -0.570. The summed E-state index contributed by atoms with van der Waals surface area (Å²) in [4.78, 5) is 13.9. The summed E-state index contributed by atoms with van der Waals surface area (Å²) in [5.74, 6) is 1.64. The quantitative estimate of drug-likeness (QED) is 0.792. The molecule has 3 heteroatoms. The summed E-state index contributed by atoms with van der Waals surface area (Å²) in [6.07, 6.45) is 7.61. The molecule has 2 N–H and O–H groups in total. The highest BCUT2D eigenvalue weighted by Crippen LogP contribution is 2.27. The highest BCUT2D eigenvalue weighted by atomic mass is 16.2. The fourth-order valence-corrected chi connectivity index (χ4v) is 2.69. The summed E-state index contributed by atoms with van der Waals surface area (Å²) < 4.78 is 0. The van der Waals surface area contributed by atoms with Crippen molar-refractivity contribution in [2.75, 3.05) is 13.6 Å². The standard InChI is InChI=1S/C15H30N2O/c1-4-12(2)11-17(3)15(18)10-7-13-5-8-14(16)9-6-13/h12-14H,4-11,16H2,1-3H3. The maximum absolute atomic E-state index is 12.0. The minimum atomic E-state index is 0.310. The van der Waals surface area contributed by atoms with Crippen LogP contribution in [0.5, 0.6) is 0 Å². The van der Waals surface area contributed by atoms with E-state index in [-0.39, 0.29) is 0 Å². The minimum Gasteiger partial charge on any atom is -0.345 e. The van der Waals surface area contributed by atoms with Gasteiger partial charge < -0.3 is 10.6 Å². The number of nitrogens with zero attached hydrogens (tertiary/aromatic N) is 1. The molecule has 1 aliphatic rings. The smallest absolute Gasteiger partial charge is 0.222 e. The fourth-order valence-electron chi connectivity index (χ4n) is 2.69. The first-order valence-corrected chi connectivity index (χ1v) is 7.52. The summed E-state index contributed by atoms with van der Waals surface area (Å²) in [5, 5.41) is 0. The van der Waals surface area contributed by atoms with Gasteiger partial charge in [-0.15, -0.1) is 0 Å². The van der Waals surface area contributed by atoms with Crippen molar-refractivity contribution in [1.29, 1.82) is 0 Å². The average Bonchev–Trinajstić information content (AvgIpc) is 2.37. The molecule has 0 aliphatic heterocycles. The average molecular weight is 254 g/mol. The second kappa shape index (κ2) is 7.78. The minimum absolute atomic E-state index is 0.310. The molecule has 0 radical (unpaired) electrons. The third-order valence-corrected chi connectivity index (χ3v) is 4.37. The Kier molecular flexibility index (Phi) is 6.69. The molecule has 106 valence electrons. The van der Waals surface area contributed by atoms with Gasteiger partial charge in [-0.3, -0.25) is 4.79 Å². The molecule has 18 heavy (non-hydrogen) atoms. The van der Waals surface area contributed by atoms with E-state index in [1.165, 1.54) is 12.8 Å². The number of nitrogens with two attached hydrogens (primary N) is 1. The number of rotatable bonds is 6. The molecule has 0 saturated heterocycles. The van der Waals surface area contributed by atoms with Crippen LogP contribution in [0.3, 0.4) is 0 Å². The van der Waals surface area contributed by atoms with E-state index in [1.807, 2.05) is 11.9 Å². The van der Waals surface area contributed by atoms with Crippen LogP contribution in [0.2, 0.25) is 0 Å². The maximum atomic E-state index is 12.0. The number of hydrogen-bond acceptors (Lipinski definition) is 2. The van der Waals surface area contributed by atoms with Crippen LogP contribution in [0.15, 0.2) is 0 Å². The van der Waals surface area contributed by atoms with Crippen molar-refractivity contribution < 1.29 is 4.79 Å². The molecular formula is C15H30N2O. The number of carbonyl (C=O) groups excluding carboxylic acids is 1. The third-order valence-electron chi connectivity index (χ3n) is 4.37. The lowest BCUT2D eigenvalue weighted by molar-refractivity contribution is -0.130. The molecule has 0 aromatic heterocycles. The van der Waals surface area contributed by atoms with E-state index in [0.29, 0.717) is 24.3 Å². The first-order chi connectivity index (χ1) is 8.52. The van der Waals surface area contributed by atoms with E-state index in [2.05, 4.69) is 13.8 Å². The Balaban J connectivity index is 2.20. The summed E-state index contributed by atoms with van der Waals surface area (Å²) in [5.41, 5.74) is 5.90. The lowest BCUT2D eigenvalue weighted by Gasteiger charge is -2.27. The SMILES string of the molecule is CCC(C)CN(C)C(=O)CCC1CCC(N)CC1. The van der Waals surface area contributed by atoms with Gasteiger partial charge in [0, 0.05) is 26.1 Å². The molecule has 0 bridgehead atoms. The van der Waals surface area contributed by atoms with Crippen molar-refractivity contribution in [3.63, 3.8) is 0 Å². The summed E-state index contributed by atoms with van der Waals surface area (Å²) in [6.45, 7) is 5.27. The Morgan fingerprint density at radius 1 is 1.33 bits per heavy atom. The van der Waals surface area contributed by atoms with Gasteiger partial charge in [0.15, 0.2) is 0 Å². The molecule has 1 rings (SSSR count). The zero-order valence-electron chi connectivity index (χ0n) is 12.3. The van der Waals surface area contributed by atoms with Crippen molar-refractivity contribution in [1.82, 2.24) is 4.90 Å². The Morgan fingerprint density at radius 3 is 2.50 bits per heavy atom. The Labute approximate surface area is 112 Å². The second-order valence-corrected chi connectivity index (χ2v) is 6.11. The highest BCUT2D eigenvalue weighted by Gasteiger charge is 2.20. The first-order valence-electron chi connectivity index (χ1n) is 7.52. The van der Waals surface area contributed by atoms with Crippen LogP contribution >= 0.6 is 0 Å². The molecule has 1 atom stereocenters. The van der Waals surface area contributed by atoms with Crippen LogP contribution in [-0.2, 0) is 4.79 Å². The van der Waals surface area contributed by atoms with Gasteiger partial charge in [-0.2, -0.15) is 0 Å². The number of hydrogen-bond donors (Lipinski definition) is 1. The van der Waals surface area contributed by atoms with Crippen LogP contribution < -0.4 is 5.73 Å². The van der Waals surface area contributed by atoms with Crippen LogP contribution in [0.1, 0.15) is 58.8 Å². The zero-order valence-corrected chi connectivity index (χ0v) is 12.3. The predicted molar refractivity (Wildman–Crippen MR) is 76.3 cm³/mol. The molecule has 0 heterocycles. The van der Waals surface area contributed by atoms with Crippen LogP contribution in [-0.4, -0.2) is 30.4 Å². The van der Waals surface area contributed by atoms with Gasteiger partial charge in [-0.1, -0.05) is 20.3 Å². The van der Waals surface area contributed by atoms with E-state index in [4.69, 9.17) is 5.73 Å². The van der Waals surface area contributed by atoms with Crippen molar-refractivity contribution in [2.45, 2.75) is 64.8 Å². The summed E-state index contributed by atoms with van der Waals surface area (Å²) in [6, 6.07) is 0.407. The third kappa shape index (κ3) is 5.38. The predicted octanol–water partition coefficient (Wildman–Crippen LogP) is 2.79. The second-order valence-electron chi connectivity index (χ2n) is 6.11. The molecule has 0 aromatic carbocycles. The van der Waals surface area contributed by atoms with E-state index in [0.717, 1.165) is 38.1 Å². The summed E-state index contributed by atoms with van der Waals surface area (Å²) in [7, 11) is 1.94. The molecule has 0 spiro atoms. The molecular weight excluding hydrogens is 224 g/mol. The number of carbonyl (C=O) groups is 1. The molecule has 1 saturated carbocycles. The molecule has 1 fully saturated rings.